The number of methoxy groups -OCH3 is 1. The standard InChI is InChI=1S/C11H16N4O2/c1-15-5-3-9(14-15)10-7-13-11(17-10)8-12-4-6-16-2/h3,5,7,12H,4,6,8H2,1-2H3. The van der Waals surface area contributed by atoms with Gasteiger partial charge in [0.2, 0.25) is 5.89 Å². The fourth-order valence-electron chi connectivity index (χ4n) is 1.43. The molecule has 92 valence electrons. The maximum absolute atomic E-state index is 5.57. The summed E-state index contributed by atoms with van der Waals surface area (Å²) in [6, 6.07) is 1.89. The number of oxazole rings is 1. The molecular weight excluding hydrogens is 220 g/mol. The SMILES string of the molecule is COCCNCc1ncc(-c2ccn(C)n2)o1. The van der Waals surface area contributed by atoms with Crippen molar-refractivity contribution in [2.75, 3.05) is 20.3 Å². The molecule has 2 rings (SSSR count). The third-order valence-corrected chi connectivity index (χ3v) is 2.28. The van der Waals surface area contributed by atoms with Crippen LogP contribution >= 0.6 is 0 Å². The minimum absolute atomic E-state index is 0.593. The molecule has 0 aliphatic rings. The molecule has 0 atom stereocenters. The number of aromatic nitrogens is 3. The molecule has 0 amide bonds. The van der Waals surface area contributed by atoms with Gasteiger partial charge in [0, 0.05) is 26.9 Å². The average Bonchev–Trinajstić information content (AvgIpc) is 2.93. The number of ether oxygens (including phenoxy) is 1. The van der Waals surface area contributed by atoms with Crippen molar-refractivity contribution in [3.63, 3.8) is 0 Å². The zero-order valence-electron chi connectivity index (χ0n) is 10.0. The smallest absolute Gasteiger partial charge is 0.208 e. The van der Waals surface area contributed by atoms with Crippen LogP contribution in [0, 0.1) is 0 Å². The molecule has 1 N–H and O–H groups in total. The van der Waals surface area contributed by atoms with Crippen LogP contribution in [0.4, 0.5) is 0 Å². The predicted molar refractivity (Wildman–Crippen MR) is 62.3 cm³/mol. The van der Waals surface area contributed by atoms with Gasteiger partial charge in [-0.3, -0.25) is 4.68 Å². The topological polar surface area (TPSA) is 65.1 Å². The second-order valence-electron chi connectivity index (χ2n) is 3.66. The van der Waals surface area contributed by atoms with E-state index in [4.69, 9.17) is 9.15 Å². The Bertz CT molecular complexity index is 463. The molecule has 6 heteroatoms. The summed E-state index contributed by atoms with van der Waals surface area (Å²) in [5.41, 5.74) is 0.795. The second kappa shape index (κ2) is 5.60. The van der Waals surface area contributed by atoms with E-state index in [-0.39, 0.29) is 0 Å². The number of nitrogens with zero attached hydrogens (tertiary/aromatic N) is 3. The summed E-state index contributed by atoms with van der Waals surface area (Å²) in [4.78, 5) is 4.18. The molecule has 0 bridgehead atoms. The van der Waals surface area contributed by atoms with E-state index in [0.717, 1.165) is 12.2 Å². The molecule has 0 aromatic carbocycles. The van der Waals surface area contributed by atoms with Crippen molar-refractivity contribution in [1.82, 2.24) is 20.1 Å². The molecule has 0 radical (unpaired) electrons. The van der Waals surface area contributed by atoms with Gasteiger partial charge in [-0.2, -0.15) is 5.10 Å². The third kappa shape index (κ3) is 3.15. The second-order valence-corrected chi connectivity index (χ2v) is 3.66. The van der Waals surface area contributed by atoms with E-state index in [1.165, 1.54) is 0 Å². The molecular formula is C11H16N4O2. The highest BCUT2D eigenvalue weighted by molar-refractivity contribution is 5.49. The summed E-state index contributed by atoms with van der Waals surface area (Å²) in [5, 5.41) is 7.41. The minimum atomic E-state index is 0.593. The van der Waals surface area contributed by atoms with Crippen molar-refractivity contribution >= 4 is 0 Å². The van der Waals surface area contributed by atoms with Crippen molar-refractivity contribution in [3.8, 4) is 11.5 Å². The summed E-state index contributed by atoms with van der Waals surface area (Å²) in [6.45, 7) is 2.04. The number of hydrogen-bond donors (Lipinski definition) is 1. The highest BCUT2D eigenvalue weighted by Gasteiger charge is 2.08. The first-order valence-corrected chi connectivity index (χ1v) is 5.44. The van der Waals surface area contributed by atoms with E-state index < -0.39 is 0 Å². The van der Waals surface area contributed by atoms with E-state index >= 15 is 0 Å². The van der Waals surface area contributed by atoms with Gasteiger partial charge in [0.05, 0.1) is 19.3 Å². The summed E-state index contributed by atoms with van der Waals surface area (Å²) in [6.07, 6.45) is 3.56. The Hall–Kier alpha value is -1.66. The van der Waals surface area contributed by atoms with Crippen molar-refractivity contribution in [2.45, 2.75) is 6.54 Å². The van der Waals surface area contributed by atoms with E-state index in [1.54, 1.807) is 18.0 Å². The van der Waals surface area contributed by atoms with Crippen molar-refractivity contribution in [3.05, 3.63) is 24.4 Å². The van der Waals surface area contributed by atoms with Gasteiger partial charge in [0.15, 0.2) is 5.76 Å². The van der Waals surface area contributed by atoms with Crippen LogP contribution in [0.3, 0.4) is 0 Å². The van der Waals surface area contributed by atoms with Crippen LogP contribution < -0.4 is 5.32 Å². The Kier molecular flexibility index (Phi) is 3.89. The Morgan fingerprint density at radius 3 is 3.12 bits per heavy atom. The Labute approximate surface area is 99.6 Å². The number of rotatable bonds is 6. The van der Waals surface area contributed by atoms with E-state index in [1.807, 2.05) is 19.3 Å². The molecule has 0 fully saturated rings. The van der Waals surface area contributed by atoms with Gasteiger partial charge in [0.1, 0.15) is 5.69 Å². The van der Waals surface area contributed by atoms with Crippen LogP contribution in [-0.2, 0) is 18.3 Å². The van der Waals surface area contributed by atoms with Crippen LogP contribution in [0.15, 0.2) is 22.9 Å². The van der Waals surface area contributed by atoms with Crippen molar-refractivity contribution in [2.24, 2.45) is 7.05 Å². The van der Waals surface area contributed by atoms with Gasteiger partial charge >= 0.3 is 0 Å². The van der Waals surface area contributed by atoms with E-state index in [2.05, 4.69) is 15.4 Å². The molecule has 17 heavy (non-hydrogen) atoms. The Morgan fingerprint density at radius 1 is 1.53 bits per heavy atom. The number of aryl methyl sites for hydroxylation is 1. The lowest BCUT2D eigenvalue weighted by Crippen LogP contribution is -2.18. The van der Waals surface area contributed by atoms with Crippen LogP contribution in [-0.4, -0.2) is 35.0 Å². The lowest BCUT2D eigenvalue weighted by Gasteiger charge is -1.99. The predicted octanol–water partition coefficient (Wildman–Crippen LogP) is 0.811. The molecule has 2 aromatic heterocycles. The minimum Gasteiger partial charge on any atom is -0.438 e. The summed E-state index contributed by atoms with van der Waals surface area (Å²) in [7, 11) is 3.54. The van der Waals surface area contributed by atoms with Crippen molar-refractivity contribution < 1.29 is 9.15 Å². The molecule has 0 saturated heterocycles. The van der Waals surface area contributed by atoms with Gasteiger partial charge in [-0.05, 0) is 6.07 Å². The molecule has 0 unspecified atom stereocenters. The number of nitrogens with one attached hydrogen (secondary N) is 1. The maximum atomic E-state index is 5.57. The Balaban J connectivity index is 1.92. The lowest BCUT2D eigenvalue weighted by atomic mass is 10.4. The van der Waals surface area contributed by atoms with Crippen molar-refractivity contribution in [1.29, 1.82) is 0 Å². The fraction of sp³-hybridized carbons (Fsp3) is 0.455. The monoisotopic (exact) mass is 236 g/mol. The molecule has 6 nitrogen and oxygen atoms in total. The normalized spacial score (nSPS) is 10.9. The zero-order chi connectivity index (χ0) is 12.1. The van der Waals surface area contributed by atoms with Gasteiger partial charge < -0.3 is 14.5 Å². The summed E-state index contributed by atoms with van der Waals surface area (Å²) >= 11 is 0. The first kappa shape index (κ1) is 11.8. The number of hydrogen-bond acceptors (Lipinski definition) is 5. The largest absolute Gasteiger partial charge is 0.438 e. The molecule has 0 saturated carbocycles. The van der Waals surface area contributed by atoms with E-state index in [9.17, 15) is 0 Å². The summed E-state index contributed by atoms with van der Waals surface area (Å²) in [5.74, 6) is 1.34. The van der Waals surface area contributed by atoms with Crippen LogP contribution in [0.25, 0.3) is 11.5 Å². The van der Waals surface area contributed by atoms with Crippen LogP contribution in [0.1, 0.15) is 5.89 Å². The highest BCUT2D eigenvalue weighted by atomic mass is 16.5. The average molecular weight is 236 g/mol. The van der Waals surface area contributed by atoms with Gasteiger partial charge in [-0.15, -0.1) is 0 Å². The van der Waals surface area contributed by atoms with Crippen LogP contribution in [0.2, 0.25) is 0 Å². The highest BCUT2D eigenvalue weighted by Crippen LogP contribution is 2.17. The van der Waals surface area contributed by atoms with Gasteiger partial charge in [-0.1, -0.05) is 0 Å². The van der Waals surface area contributed by atoms with Crippen LogP contribution in [0.5, 0.6) is 0 Å². The third-order valence-electron chi connectivity index (χ3n) is 2.28. The lowest BCUT2D eigenvalue weighted by molar-refractivity contribution is 0.198. The zero-order valence-corrected chi connectivity index (χ0v) is 10.0. The molecule has 2 aromatic rings. The van der Waals surface area contributed by atoms with Gasteiger partial charge in [0.25, 0.3) is 0 Å². The van der Waals surface area contributed by atoms with E-state index in [0.29, 0.717) is 24.8 Å². The summed E-state index contributed by atoms with van der Waals surface area (Å²) < 4.78 is 12.2. The fourth-order valence-corrected chi connectivity index (χ4v) is 1.43. The molecule has 2 heterocycles. The first-order valence-electron chi connectivity index (χ1n) is 5.44. The first-order chi connectivity index (χ1) is 8.29. The van der Waals surface area contributed by atoms with Gasteiger partial charge in [-0.25, -0.2) is 4.98 Å². The molecule has 0 spiro atoms. The quantitative estimate of drug-likeness (QED) is 0.752. The molecule has 0 aliphatic heterocycles. The molecule has 0 aliphatic carbocycles. The Morgan fingerprint density at radius 2 is 2.41 bits per heavy atom. The maximum Gasteiger partial charge on any atom is 0.208 e.